The first-order valence-electron chi connectivity index (χ1n) is 3.83. The molecule has 0 aliphatic carbocycles. The Morgan fingerprint density at radius 1 is 1.58 bits per heavy atom. The van der Waals surface area contributed by atoms with Gasteiger partial charge in [-0.15, -0.1) is 0 Å². The lowest BCUT2D eigenvalue weighted by atomic mass is 10.1. The lowest BCUT2D eigenvalue weighted by Crippen LogP contribution is -2.05. The molecule has 64 valence electrons. The number of rotatable bonds is 3. The predicted molar refractivity (Wildman–Crippen MR) is 54.3 cm³/mol. The standard InChI is InChI=1S/C10H12ClN/c1-3-8-4-5-10(11)9(6-8)7-12-2/h3-6,12H,1,7H2,2H3. The van der Waals surface area contributed by atoms with E-state index in [2.05, 4.69) is 11.9 Å². The summed E-state index contributed by atoms with van der Waals surface area (Å²) in [6, 6.07) is 5.88. The smallest absolute Gasteiger partial charge is 0.0451 e. The molecule has 1 aromatic rings. The van der Waals surface area contributed by atoms with Gasteiger partial charge in [0.05, 0.1) is 0 Å². The molecule has 1 nitrogen and oxygen atoms in total. The van der Waals surface area contributed by atoms with Gasteiger partial charge in [0.25, 0.3) is 0 Å². The SMILES string of the molecule is C=Cc1ccc(Cl)c(CNC)c1. The molecule has 0 amide bonds. The molecule has 2 heteroatoms. The maximum Gasteiger partial charge on any atom is 0.0451 e. The summed E-state index contributed by atoms with van der Waals surface area (Å²) in [5.74, 6) is 0. The van der Waals surface area contributed by atoms with Gasteiger partial charge in [-0.05, 0) is 30.3 Å². The van der Waals surface area contributed by atoms with Crippen LogP contribution in [0.15, 0.2) is 24.8 Å². The van der Waals surface area contributed by atoms with Crippen LogP contribution in [-0.2, 0) is 6.54 Å². The van der Waals surface area contributed by atoms with Crippen molar-refractivity contribution >= 4 is 17.7 Å². The third-order valence-corrected chi connectivity index (χ3v) is 2.04. The summed E-state index contributed by atoms with van der Waals surface area (Å²) in [5, 5.41) is 3.86. The van der Waals surface area contributed by atoms with E-state index >= 15 is 0 Å². The summed E-state index contributed by atoms with van der Waals surface area (Å²) in [5.41, 5.74) is 2.21. The Balaban J connectivity index is 2.99. The molecule has 0 unspecified atom stereocenters. The zero-order valence-electron chi connectivity index (χ0n) is 7.10. The second-order valence-corrected chi connectivity index (χ2v) is 2.99. The molecule has 0 aromatic heterocycles. The van der Waals surface area contributed by atoms with Crippen molar-refractivity contribution in [1.29, 1.82) is 0 Å². The minimum absolute atomic E-state index is 0.792. The second-order valence-electron chi connectivity index (χ2n) is 2.59. The molecule has 0 aliphatic rings. The molecule has 0 radical (unpaired) electrons. The van der Waals surface area contributed by atoms with Crippen molar-refractivity contribution in [2.45, 2.75) is 6.54 Å². The van der Waals surface area contributed by atoms with E-state index < -0.39 is 0 Å². The molecule has 0 saturated heterocycles. The Labute approximate surface area is 78.1 Å². The maximum atomic E-state index is 5.96. The van der Waals surface area contributed by atoms with Gasteiger partial charge < -0.3 is 5.32 Å². The Morgan fingerprint density at radius 3 is 2.92 bits per heavy atom. The van der Waals surface area contributed by atoms with Gasteiger partial charge in [0, 0.05) is 11.6 Å². The van der Waals surface area contributed by atoms with Gasteiger partial charge in [0.15, 0.2) is 0 Å². The van der Waals surface area contributed by atoms with Gasteiger partial charge in [-0.2, -0.15) is 0 Å². The molecule has 0 saturated carbocycles. The average molecular weight is 182 g/mol. The van der Waals surface area contributed by atoms with Crippen molar-refractivity contribution in [3.8, 4) is 0 Å². The van der Waals surface area contributed by atoms with Crippen LogP contribution in [0.25, 0.3) is 6.08 Å². The van der Waals surface area contributed by atoms with E-state index in [4.69, 9.17) is 11.6 Å². The predicted octanol–water partition coefficient (Wildman–Crippen LogP) is 2.70. The number of halogens is 1. The van der Waals surface area contributed by atoms with Crippen molar-refractivity contribution in [3.05, 3.63) is 40.9 Å². The highest BCUT2D eigenvalue weighted by Crippen LogP contribution is 2.17. The summed E-state index contributed by atoms with van der Waals surface area (Å²) >= 11 is 5.96. The fourth-order valence-electron chi connectivity index (χ4n) is 1.05. The molecule has 0 atom stereocenters. The van der Waals surface area contributed by atoms with Crippen molar-refractivity contribution in [3.63, 3.8) is 0 Å². The highest BCUT2D eigenvalue weighted by molar-refractivity contribution is 6.31. The van der Waals surface area contributed by atoms with E-state index in [-0.39, 0.29) is 0 Å². The Kier molecular flexibility index (Phi) is 3.32. The van der Waals surface area contributed by atoms with E-state index in [1.807, 2.05) is 31.3 Å². The summed E-state index contributed by atoms with van der Waals surface area (Å²) in [4.78, 5) is 0. The van der Waals surface area contributed by atoms with Crippen molar-refractivity contribution in [2.75, 3.05) is 7.05 Å². The van der Waals surface area contributed by atoms with Crippen molar-refractivity contribution in [1.82, 2.24) is 5.32 Å². The molecule has 0 heterocycles. The zero-order valence-corrected chi connectivity index (χ0v) is 7.86. The topological polar surface area (TPSA) is 12.0 Å². The Morgan fingerprint density at radius 2 is 2.33 bits per heavy atom. The third-order valence-electron chi connectivity index (χ3n) is 1.67. The van der Waals surface area contributed by atoms with Crippen LogP contribution in [0.1, 0.15) is 11.1 Å². The van der Waals surface area contributed by atoms with E-state index in [1.165, 1.54) is 0 Å². The van der Waals surface area contributed by atoms with E-state index in [1.54, 1.807) is 0 Å². The number of nitrogens with one attached hydrogen (secondary N) is 1. The fraction of sp³-hybridized carbons (Fsp3) is 0.200. The number of hydrogen-bond acceptors (Lipinski definition) is 1. The van der Waals surface area contributed by atoms with Crippen LogP contribution < -0.4 is 5.32 Å². The minimum Gasteiger partial charge on any atom is -0.316 e. The van der Waals surface area contributed by atoms with Gasteiger partial charge in [-0.3, -0.25) is 0 Å². The molecule has 0 spiro atoms. The normalized spacial score (nSPS) is 9.83. The first kappa shape index (κ1) is 9.30. The molecule has 12 heavy (non-hydrogen) atoms. The van der Waals surface area contributed by atoms with Crippen LogP contribution in [0.5, 0.6) is 0 Å². The zero-order chi connectivity index (χ0) is 8.97. The Bertz CT molecular complexity index is 281. The summed E-state index contributed by atoms with van der Waals surface area (Å²) in [6.07, 6.45) is 1.81. The van der Waals surface area contributed by atoms with Crippen molar-refractivity contribution < 1.29 is 0 Å². The molecular formula is C10H12ClN. The van der Waals surface area contributed by atoms with E-state index in [0.717, 1.165) is 22.7 Å². The first-order chi connectivity index (χ1) is 5.77. The molecule has 1 N–H and O–H groups in total. The van der Waals surface area contributed by atoms with Gasteiger partial charge in [-0.25, -0.2) is 0 Å². The van der Waals surface area contributed by atoms with E-state index in [0.29, 0.717) is 0 Å². The lowest BCUT2D eigenvalue weighted by molar-refractivity contribution is 0.818. The fourth-order valence-corrected chi connectivity index (χ4v) is 1.23. The first-order valence-corrected chi connectivity index (χ1v) is 4.21. The molecule has 1 rings (SSSR count). The molecule has 1 aromatic carbocycles. The number of hydrogen-bond donors (Lipinski definition) is 1. The highest BCUT2D eigenvalue weighted by atomic mass is 35.5. The summed E-state index contributed by atoms with van der Waals surface area (Å²) in [7, 11) is 1.90. The van der Waals surface area contributed by atoms with Crippen LogP contribution in [0.3, 0.4) is 0 Å². The molecule has 0 bridgehead atoms. The van der Waals surface area contributed by atoms with Crippen LogP contribution in [0.4, 0.5) is 0 Å². The van der Waals surface area contributed by atoms with Crippen LogP contribution >= 0.6 is 11.6 Å². The maximum absolute atomic E-state index is 5.96. The molecular weight excluding hydrogens is 170 g/mol. The van der Waals surface area contributed by atoms with Crippen molar-refractivity contribution in [2.24, 2.45) is 0 Å². The molecule has 0 aliphatic heterocycles. The highest BCUT2D eigenvalue weighted by Gasteiger charge is 1.98. The lowest BCUT2D eigenvalue weighted by Gasteiger charge is -2.03. The van der Waals surface area contributed by atoms with Gasteiger partial charge in [0.1, 0.15) is 0 Å². The van der Waals surface area contributed by atoms with Crippen LogP contribution in [0.2, 0.25) is 5.02 Å². The third kappa shape index (κ3) is 2.10. The van der Waals surface area contributed by atoms with Crippen LogP contribution in [-0.4, -0.2) is 7.05 Å². The van der Waals surface area contributed by atoms with Crippen LogP contribution in [0, 0.1) is 0 Å². The minimum atomic E-state index is 0.792. The average Bonchev–Trinajstić information content (AvgIpc) is 2.09. The monoisotopic (exact) mass is 181 g/mol. The summed E-state index contributed by atoms with van der Waals surface area (Å²) < 4.78 is 0. The number of benzene rings is 1. The van der Waals surface area contributed by atoms with Gasteiger partial charge >= 0.3 is 0 Å². The quantitative estimate of drug-likeness (QED) is 0.756. The van der Waals surface area contributed by atoms with E-state index in [9.17, 15) is 0 Å². The molecule has 0 fully saturated rings. The second kappa shape index (κ2) is 4.29. The Hall–Kier alpha value is -0.790. The van der Waals surface area contributed by atoms with Gasteiger partial charge in [-0.1, -0.05) is 30.3 Å². The largest absolute Gasteiger partial charge is 0.316 e. The summed E-state index contributed by atoms with van der Waals surface area (Å²) in [6.45, 7) is 4.49. The van der Waals surface area contributed by atoms with Gasteiger partial charge in [0.2, 0.25) is 0 Å².